The number of ether oxygens (including phenoxy) is 1. The first-order valence-electron chi connectivity index (χ1n) is 12.1. The largest absolute Gasteiger partial charge is 0.490 e. The third-order valence-corrected chi connectivity index (χ3v) is 7.83. The summed E-state index contributed by atoms with van der Waals surface area (Å²) in [5.41, 5.74) is 2.31. The van der Waals surface area contributed by atoms with Crippen molar-refractivity contribution in [1.29, 1.82) is 0 Å². The second-order valence-electron chi connectivity index (χ2n) is 10.5. The van der Waals surface area contributed by atoms with E-state index in [1.807, 2.05) is 24.3 Å². The number of rotatable bonds is 5. The molecule has 0 radical (unpaired) electrons. The molecule has 37 heavy (non-hydrogen) atoms. The van der Waals surface area contributed by atoms with Crippen molar-refractivity contribution in [3.63, 3.8) is 0 Å². The molecule has 2 unspecified atom stereocenters. The van der Waals surface area contributed by atoms with Crippen LogP contribution in [0.15, 0.2) is 76.6 Å². The molecule has 3 aromatic rings. The van der Waals surface area contributed by atoms with Gasteiger partial charge in [0.05, 0.1) is 10.9 Å². The van der Waals surface area contributed by atoms with Crippen LogP contribution in [-0.2, 0) is 15.3 Å². The predicted octanol–water partition coefficient (Wildman–Crippen LogP) is 4.80. The zero-order chi connectivity index (χ0) is 27.0. The fraction of sp³-hybridized carbons (Fsp3) is 0.357. The van der Waals surface area contributed by atoms with Gasteiger partial charge in [-0.25, -0.2) is 13.2 Å². The summed E-state index contributed by atoms with van der Waals surface area (Å²) in [6.07, 6.45) is 2.48. The van der Waals surface area contributed by atoms with Crippen molar-refractivity contribution >= 4 is 15.9 Å². The maximum atomic E-state index is 12.8. The highest BCUT2D eigenvalue weighted by molar-refractivity contribution is 7.90. The average Bonchev–Trinajstić information content (AvgIpc) is 2.83. The molecule has 1 N–H and O–H groups in total. The molecular weight excluding hydrogens is 492 g/mol. The molecule has 0 saturated carbocycles. The van der Waals surface area contributed by atoms with Gasteiger partial charge < -0.3 is 14.7 Å². The Balaban J connectivity index is 1.51. The van der Waals surface area contributed by atoms with Crippen LogP contribution in [0, 0.1) is 0 Å². The number of pyridine rings is 1. The lowest BCUT2D eigenvalue weighted by Crippen LogP contribution is -2.43. The van der Waals surface area contributed by atoms with Crippen LogP contribution in [0.25, 0.3) is 5.69 Å². The number of piperidine rings is 1. The van der Waals surface area contributed by atoms with Crippen molar-refractivity contribution in [2.45, 2.75) is 56.1 Å². The minimum atomic E-state index is -3.33. The SMILES string of the molecule is CC(C)(C)c1ccc(C2CC(Oc3ccn(-c4ccc(S(C)(=O)=O)cc4)c(=O)c3)CCN2C(=O)O)cc1. The molecule has 1 amide bonds. The molecule has 8 nitrogen and oxygen atoms in total. The monoisotopic (exact) mass is 524 g/mol. The minimum Gasteiger partial charge on any atom is -0.490 e. The molecule has 2 aromatic carbocycles. The summed E-state index contributed by atoms with van der Waals surface area (Å²) in [6.45, 7) is 6.73. The molecule has 2 heterocycles. The Morgan fingerprint density at radius 2 is 1.68 bits per heavy atom. The van der Waals surface area contributed by atoms with Gasteiger partial charge in [0.25, 0.3) is 5.56 Å². The summed E-state index contributed by atoms with van der Waals surface area (Å²) in [6, 6.07) is 16.9. The van der Waals surface area contributed by atoms with Gasteiger partial charge >= 0.3 is 6.09 Å². The summed E-state index contributed by atoms with van der Waals surface area (Å²) < 4.78 is 30.9. The fourth-order valence-electron chi connectivity index (χ4n) is 4.58. The smallest absolute Gasteiger partial charge is 0.407 e. The van der Waals surface area contributed by atoms with Crippen molar-refractivity contribution in [3.8, 4) is 11.4 Å². The van der Waals surface area contributed by atoms with Gasteiger partial charge in [0.1, 0.15) is 11.9 Å². The van der Waals surface area contributed by atoms with E-state index < -0.39 is 15.9 Å². The number of aromatic nitrogens is 1. The Morgan fingerprint density at radius 1 is 1.03 bits per heavy atom. The highest BCUT2D eigenvalue weighted by Crippen LogP contribution is 2.34. The summed E-state index contributed by atoms with van der Waals surface area (Å²) in [7, 11) is -3.33. The summed E-state index contributed by atoms with van der Waals surface area (Å²) in [4.78, 5) is 26.3. The van der Waals surface area contributed by atoms with E-state index in [0.717, 1.165) is 11.8 Å². The Kier molecular flexibility index (Phi) is 7.19. The van der Waals surface area contributed by atoms with Crippen LogP contribution in [-0.4, -0.2) is 48.0 Å². The lowest BCUT2D eigenvalue weighted by Gasteiger charge is -2.38. The molecule has 0 spiro atoms. The maximum absolute atomic E-state index is 12.8. The zero-order valence-electron chi connectivity index (χ0n) is 21.4. The van der Waals surface area contributed by atoms with Crippen molar-refractivity contribution in [1.82, 2.24) is 9.47 Å². The van der Waals surface area contributed by atoms with Gasteiger partial charge in [0, 0.05) is 43.6 Å². The molecule has 1 aliphatic heterocycles. The topological polar surface area (TPSA) is 106 Å². The maximum Gasteiger partial charge on any atom is 0.407 e. The van der Waals surface area contributed by atoms with Crippen LogP contribution in [0.2, 0.25) is 0 Å². The second kappa shape index (κ2) is 10.0. The molecule has 9 heteroatoms. The predicted molar refractivity (Wildman–Crippen MR) is 141 cm³/mol. The summed E-state index contributed by atoms with van der Waals surface area (Å²) >= 11 is 0. The van der Waals surface area contributed by atoms with E-state index in [0.29, 0.717) is 30.8 Å². The quantitative estimate of drug-likeness (QED) is 0.514. The van der Waals surface area contributed by atoms with E-state index >= 15 is 0 Å². The van der Waals surface area contributed by atoms with E-state index in [1.54, 1.807) is 24.4 Å². The van der Waals surface area contributed by atoms with Gasteiger partial charge in [-0.15, -0.1) is 0 Å². The number of benzene rings is 2. The van der Waals surface area contributed by atoms with Gasteiger partial charge in [-0.05, 0) is 46.9 Å². The number of sulfone groups is 1. The average molecular weight is 525 g/mol. The van der Waals surface area contributed by atoms with Gasteiger partial charge in [-0.3, -0.25) is 9.36 Å². The number of likely N-dealkylation sites (tertiary alicyclic amines) is 1. The van der Waals surface area contributed by atoms with E-state index in [4.69, 9.17) is 4.74 Å². The highest BCUT2D eigenvalue weighted by Gasteiger charge is 2.34. The van der Waals surface area contributed by atoms with Crippen LogP contribution in [0.1, 0.15) is 50.8 Å². The fourth-order valence-corrected chi connectivity index (χ4v) is 5.21. The third kappa shape index (κ3) is 6.05. The first-order valence-corrected chi connectivity index (χ1v) is 14.0. The van der Waals surface area contributed by atoms with Gasteiger partial charge in [-0.1, -0.05) is 45.0 Å². The van der Waals surface area contributed by atoms with Gasteiger partial charge in [0.15, 0.2) is 9.84 Å². The number of nitrogens with zero attached hydrogens (tertiary/aromatic N) is 2. The van der Waals surface area contributed by atoms with E-state index in [1.165, 1.54) is 33.2 Å². The van der Waals surface area contributed by atoms with Crippen LogP contribution < -0.4 is 10.3 Å². The number of hydrogen-bond acceptors (Lipinski definition) is 5. The summed E-state index contributed by atoms with van der Waals surface area (Å²) in [5.74, 6) is 0.407. The lowest BCUT2D eigenvalue weighted by atomic mass is 9.85. The van der Waals surface area contributed by atoms with Crippen molar-refractivity contribution in [2.24, 2.45) is 0 Å². The molecule has 196 valence electrons. The minimum absolute atomic E-state index is 0.000811. The van der Waals surface area contributed by atoms with Crippen molar-refractivity contribution in [2.75, 3.05) is 12.8 Å². The normalized spacial score (nSPS) is 18.4. The van der Waals surface area contributed by atoms with Gasteiger partial charge in [-0.2, -0.15) is 0 Å². The van der Waals surface area contributed by atoms with E-state index in [-0.39, 0.29) is 28.0 Å². The Morgan fingerprint density at radius 3 is 2.22 bits per heavy atom. The Bertz CT molecular complexity index is 1440. The Hall–Kier alpha value is -3.59. The van der Waals surface area contributed by atoms with Crippen LogP contribution in [0.5, 0.6) is 5.75 Å². The molecule has 4 rings (SSSR count). The standard InChI is InChI=1S/C28H32N2O6S/c1-28(2,3)20-7-5-19(6-8-20)25-17-22(14-16-30(25)27(32)33)36-23-13-15-29(26(31)18-23)21-9-11-24(12-10-21)37(4,34)35/h5-13,15,18,22,25H,14,16-17H2,1-4H3,(H,32,33). The molecule has 2 atom stereocenters. The van der Waals surface area contributed by atoms with Crippen molar-refractivity contribution in [3.05, 3.63) is 88.3 Å². The van der Waals surface area contributed by atoms with Crippen LogP contribution in [0.4, 0.5) is 4.79 Å². The van der Waals surface area contributed by atoms with E-state index in [2.05, 4.69) is 20.8 Å². The van der Waals surface area contributed by atoms with E-state index in [9.17, 15) is 23.1 Å². The number of carbonyl (C=O) groups is 1. The second-order valence-corrected chi connectivity index (χ2v) is 12.5. The third-order valence-electron chi connectivity index (χ3n) is 6.70. The first kappa shape index (κ1) is 26.5. The lowest BCUT2D eigenvalue weighted by molar-refractivity contribution is 0.0538. The summed E-state index contributed by atoms with van der Waals surface area (Å²) in [5, 5.41) is 9.77. The van der Waals surface area contributed by atoms with Crippen LogP contribution in [0.3, 0.4) is 0 Å². The van der Waals surface area contributed by atoms with Crippen LogP contribution >= 0.6 is 0 Å². The molecule has 1 saturated heterocycles. The Labute approximate surface area is 217 Å². The number of hydrogen-bond donors (Lipinski definition) is 1. The number of carboxylic acid groups (broad SMARTS) is 1. The molecular formula is C28H32N2O6S. The molecule has 0 aliphatic carbocycles. The molecule has 0 bridgehead atoms. The molecule has 1 aliphatic rings. The molecule has 1 fully saturated rings. The first-order chi connectivity index (χ1) is 17.3. The van der Waals surface area contributed by atoms with Gasteiger partial charge in [0.2, 0.25) is 0 Å². The zero-order valence-corrected chi connectivity index (χ0v) is 22.2. The highest BCUT2D eigenvalue weighted by atomic mass is 32.2. The number of amides is 1. The molecule has 1 aromatic heterocycles. The van der Waals surface area contributed by atoms with Crippen molar-refractivity contribution < 1.29 is 23.1 Å².